The van der Waals surface area contributed by atoms with Crippen LogP contribution in [0.15, 0.2) is 29.2 Å². The maximum Gasteiger partial charge on any atom is 0.315 e. The third-order valence-electron chi connectivity index (χ3n) is 3.80. The number of halogens is 1. The molecule has 0 aromatic heterocycles. The van der Waals surface area contributed by atoms with Gasteiger partial charge in [-0.2, -0.15) is 4.31 Å². The van der Waals surface area contributed by atoms with Crippen LogP contribution in [0, 0.1) is 0 Å². The van der Waals surface area contributed by atoms with Crippen LogP contribution in [0.1, 0.15) is 6.92 Å². The summed E-state index contributed by atoms with van der Waals surface area (Å²) in [5.41, 5.74) is 0. The zero-order chi connectivity index (χ0) is 19.2. The van der Waals surface area contributed by atoms with Gasteiger partial charge in [0.2, 0.25) is 15.9 Å². The number of hydrogen-bond acceptors (Lipinski definition) is 6. The van der Waals surface area contributed by atoms with Gasteiger partial charge in [-0.05, 0) is 19.1 Å². The number of piperazine rings is 1. The molecule has 0 unspecified atom stereocenters. The summed E-state index contributed by atoms with van der Waals surface area (Å²) in [6, 6.07) is 6.31. The molecule has 0 radical (unpaired) electrons. The van der Waals surface area contributed by atoms with Gasteiger partial charge in [0.05, 0.1) is 23.1 Å². The minimum Gasteiger partial charge on any atom is -0.465 e. The molecule has 1 aliphatic heterocycles. The normalized spacial score (nSPS) is 15.7. The summed E-state index contributed by atoms with van der Waals surface area (Å²) in [5.74, 6) is -0.175. The summed E-state index contributed by atoms with van der Waals surface area (Å²) in [5, 5.41) is 0.182. The molecule has 1 aromatic rings. The first-order chi connectivity index (χ1) is 12.4. The van der Waals surface area contributed by atoms with Crippen LogP contribution in [-0.4, -0.2) is 73.8 Å². The van der Waals surface area contributed by atoms with Gasteiger partial charge in [0.25, 0.3) is 0 Å². The Labute approximate surface area is 162 Å². The third-order valence-corrected chi connectivity index (χ3v) is 7.09. The van der Waals surface area contributed by atoms with Crippen molar-refractivity contribution < 1.29 is 22.7 Å². The Morgan fingerprint density at radius 2 is 1.81 bits per heavy atom. The lowest BCUT2D eigenvalue weighted by atomic mass is 10.3. The molecule has 1 amide bonds. The molecule has 1 fully saturated rings. The molecule has 0 N–H and O–H groups in total. The summed E-state index contributed by atoms with van der Waals surface area (Å²) in [7, 11) is -3.68. The van der Waals surface area contributed by atoms with Gasteiger partial charge in [0.1, 0.15) is 4.90 Å². The molecule has 1 saturated heterocycles. The Morgan fingerprint density at radius 1 is 1.15 bits per heavy atom. The molecule has 1 heterocycles. The number of sulfonamides is 1. The van der Waals surface area contributed by atoms with E-state index in [1.54, 1.807) is 24.0 Å². The van der Waals surface area contributed by atoms with Crippen LogP contribution in [0.2, 0.25) is 5.02 Å². The molecular formula is C16H21ClN2O5S2. The van der Waals surface area contributed by atoms with E-state index >= 15 is 0 Å². The zero-order valence-corrected chi connectivity index (χ0v) is 16.8. The first-order valence-electron chi connectivity index (χ1n) is 8.12. The average molecular weight is 421 g/mol. The second kappa shape index (κ2) is 9.59. The molecule has 1 aromatic carbocycles. The molecule has 0 atom stereocenters. The molecule has 144 valence electrons. The van der Waals surface area contributed by atoms with Gasteiger partial charge < -0.3 is 9.64 Å². The van der Waals surface area contributed by atoms with E-state index in [1.165, 1.54) is 28.2 Å². The van der Waals surface area contributed by atoms with Gasteiger partial charge in [-0.1, -0.05) is 23.7 Å². The van der Waals surface area contributed by atoms with Gasteiger partial charge in [-0.15, -0.1) is 11.8 Å². The number of thioether (sulfide) groups is 1. The van der Waals surface area contributed by atoms with Crippen molar-refractivity contribution in [2.45, 2.75) is 11.8 Å². The average Bonchev–Trinajstić information content (AvgIpc) is 2.62. The summed E-state index contributed by atoms with van der Waals surface area (Å²) < 4.78 is 31.5. The highest BCUT2D eigenvalue weighted by Gasteiger charge is 2.31. The molecule has 1 aliphatic rings. The molecule has 0 spiro atoms. The summed E-state index contributed by atoms with van der Waals surface area (Å²) in [6.45, 7) is 3.08. The standard InChI is InChI=1S/C16H21ClN2O5S2/c1-2-24-16(21)12-25-11-15(20)18-7-9-19(10-8-18)26(22,23)14-6-4-3-5-13(14)17/h3-6H,2,7-12H2,1H3. The summed E-state index contributed by atoms with van der Waals surface area (Å²) in [6.07, 6.45) is 0. The number of ether oxygens (including phenoxy) is 1. The number of esters is 1. The smallest absolute Gasteiger partial charge is 0.315 e. The molecular weight excluding hydrogens is 400 g/mol. The lowest BCUT2D eigenvalue weighted by molar-refractivity contribution is -0.139. The minimum atomic E-state index is -3.68. The largest absolute Gasteiger partial charge is 0.465 e. The quantitative estimate of drug-likeness (QED) is 0.621. The number of rotatable bonds is 7. The number of hydrogen-bond donors (Lipinski definition) is 0. The summed E-state index contributed by atoms with van der Waals surface area (Å²) >= 11 is 7.19. The van der Waals surface area contributed by atoms with E-state index in [9.17, 15) is 18.0 Å². The van der Waals surface area contributed by atoms with Gasteiger partial charge in [-0.3, -0.25) is 9.59 Å². The van der Waals surface area contributed by atoms with Crippen LogP contribution in [0.5, 0.6) is 0 Å². The van der Waals surface area contributed by atoms with Crippen molar-refractivity contribution in [3.05, 3.63) is 29.3 Å². The first kappa shape index (κ1) is 21.0. The van der Waals surface area contributed by atoms with Crippen molar-refractivity contribution in [1.82, 2.24) is 9.21 Å². The Balaban J connectivity index is 1.86. The van der Waals surface area contributed by atoms with E-state index in [0.717, 1.165) is 0 Å². The maximum absolute atomic E-state index is 12.7. The molecule has 0 bridgehead atoms. The maximum atomic E-state index is 12.7. The van der Waals surface area contributed by atoms with Crippen LogP contribution >= 0.6 is 23.4 Å². The van der Waals surface area contributed by atoms with E-state index in [-0.39, 0.29) is 46.4 Å². The van der Waals surface area contributed by atoms with Gasteiger partial charge in [0, 0.05) is 26.2 Å². The van der Waals surface area contributed by atoms with E-state index in [1.807, 2.05) is 0 Å². The van der Waals surface area contributed by atoms with Crippen LogP contribution in [0.4, 0.5) is 0 Å². The Hall–Kier alpha value is -1.29. The SMILES string of the molecule is CCOC(=O)CSCC(=O)N1CCN(S(=O)(=O)c2ccccc2Cl)CC1. The van der Waals surface area contributed by atoms with Gasteiger partial charge >= 0.3 is 5.97 Å². The van der Waals surface area contributed by atoms with Crippen LogP contribution < -0.4 is 0 Å². The minimum absolute atomic E-state index is 0.0754. The lowest BCUT2D eigenvalue weighted by Gasteiger charge is -2.34. The Bertz CT molecular complexity index is 749. The second-order valence-electron chi connectivity index (χ2n) is 5.51. The Kier molecular flexibility index (Phi) is 7.75. The van der Waals surface area contributed by atoms with Gasteiger partial charge in [-0.25, -0.2) is 8.42 Å². The van der Waals surface area contributed by atoms with Crippen LogP contribution in [0.3, 0.4) is 0 Å². The number of amides is 1. The lowest BCUT2D eigenvalue weighted by Crippen LogP contribution is -2.51. The molecule has 7 nitrogen and oxygen atoms in total. The summed E-state index contributed by atoms with van der Waals surface area (Å²) in [4.78, 5) is 25.1. The van der Waals surface area contributed by atoms with Crippen LogP contribution in [0.25, 0.3) is 0 Å². The van der Waals surface area contributed by atoms with Crippen LogP contribution in [-0.2, 0) is 24.3 Å². The third kappa shape index (κ3) is 5.35. The number of carbonyl (C=O) groups excluding carboxylic acids is 2. The highest BCUT2D eigenvalue weighted by atomic mass is 35.5. The fourth-order valence-electron chi connectivity index (χ4n) is 2.49. The van der Waals surface area contributed by atoms with E-state index in [2.05, 4.69) is 0 Å². The molecule has 0 aliphatic carbocycles. The monoisotopic (exact) mass is 420 g/mol. The van der Waals surface area contributed by atoms with Crippen molar-refractivity contribution in [3.63, 3.8) is 0 Å². The topological polar surface area (TPSA) is 84.0 Å². The zero-order valence-electron chi connectivity index (χ0n) is 14.4. The second-order valence-corrected chi connectivity index (χ2v) is 8.81. The predicted octanol–water partition coefficient (Wildman–Crippen LogP) is 1.47. The Morgan fingerprint density at radius 3 is 2.42 bits per heavy atom. The number of carbonyl (C=O) groups is 2. The van der Waals surface area contributed by atoms with Gasteiger partial charge in [0.15, 0.2) is 0 Å². The fraction of sp³-hybridized carbons (Fsp3) is 0.500. The van der Waals surface area contributed by atoms with Crippen molar-refractivity contribution in [2.24, 2.45) is 0 Å². The molecule has 26 heavy (non-hydrogen) atoms. The van der Waals surface area contributed by atoms with Crippen molar-refractivity contribution in [1.29, 1.82) is 0 Å². The van der Waals surface area contributed by atoms with E-state index in [4.69, 9.17) is 16.3 Å². The van der Waals surface area contributed by atoms with Crippen molar-refractivity contribution >= 4 is 45.3 Å². The molecule has 0 saturated carbocycles. The highest BCUT2D eigenvalue weighted by Crippen LogP contribution is 2.25. The van der Waals surface area contributed by atoms with E-state index < -0.39 is 10.0 Å². The number of benzene rings is 1. The van der Waals surface area contributed by atoms with E-state index in [0.29, 0.717) is 19.7 Å². The highest BCUT2D eigenvalue weighted by molar-refractivity contribution is 8.00. The fourth-order valence-corrected chi connectivity index (χ4v) is 5.11. The first-order valence-corrected chi connectivity index (χ1v) is 11.1. The van der Waals surface area contributed by atoms with Crippen molar-refractivity contribution in [2.75, 3.05) is 44.3 Å². The molecule has 10 heteroatoms. The predicted molar refractivity (Wildman–Crippen MR) is 101 cm³/mol. The number of nitrogens with zero attached hydrogens (tertiary/aromatic N) is 2. The van der Waals surface area contributed by atoms with Crippen molar-refractivity contribution in [3.8, 4) is 0 Å². The molecule has 2 rings (SSSR count).